The zero-order chi connectivity index (χ0) is 13.1. The third kappa shape index (κ3) is 2.62. The van der Waals surface area contributed by atoms with Crippen molar-refractivity contribution < 1.29 is 9.53 Å². The predicted octanol–water partition coefficient (Wildman–Crippen LogP) is 2.33. The minimum absolute atomic E-state index is 0.312. The molecule has 1 aromatic heterocycles. The number of hydrogen-bond acceptors (Lipinski definition) is 3. The zero-order valence-electron chi connectivity index (χ0n) is 9.98. The molecule has 0 saturated heterocycles. The lowest BCUT2D eigenvalue weighted by molar-refractivity contribution is 0.102. The molecule has 5 nitrogen and oxygen atoms in total. The van der Waals surface area contributed by atoms with Crippen LogP contribution in [0.4, 0.5) is 5.82 Å². The van der Waals surface area contributed by atoms with Crippen molar-refractivity contribution in [2.24, 2.45) is 7.05 Å². The summed E-state index contributed by atoms with van der Waals surface area (Å²) in [6.45, 7) is 0. The van der Waals surface area contributed by atoms with E-state index in [0.717, 1.165) is 0 Å². The standard InChI is InChI=1S/C12H12ClN3O2/c1-16-6-5-11(15-16)14-12(17)9-7-8(13)3-4-10(9)18-2/h3-7H,1-2H3,(H,14,15,17). The van der Waals surface area contributed by atoms with E-state index in [2.05, 4.69) is 10.4 Å². The SMILES string of the molecule is COc1ccc(Cl)cc1C(=O)Nc1ccn(C)n1. The number of nitrogens with zero attached hydrogens (tertiary/aromatic N) is 2. The molecule has 0 aliphatic carbocycles. The Labute approximate surface area is 109 Å². The van der Waals surface area contributed by atoms with E-state index >= 15 is 0 Å². The molecule has 0 unspecified atom stereocenters. The molecule has 94 valence electrons. The van der Waals surface area contributed by atoms with Gasteiger partial charge in [0.25, 0.3) is 5.91 Å². The minimum atomic E-state index is -0.312. The molecule has 0 saturated carbocycles. The number of nitrogens with one attached hydrogen (secondary N) is 1. The molecule has 0 aliphatic rings. The summed E-state index contributed by atoms with van der Waals surface area (Å²) in [5, 5.41) is 7.21. The number of methoxy groups -OCH3 is 1. The third-order valence-corrected chi connectivity index (χ3v) is 2.60. The zero-order valence-corrected chi connectivity index (χ0v) is 10.7. The lowest BCUT2D eigenvalue weighted by atomic mass is 10.2. The van der Waals surface area contributed by atoms with Crippen molar-refractivity contribution in [3.8, 4) is 5.75 Å². The first kappa shape index (κ1) is 12.4. The van der Waals surface area contributed by atoms with E-state index < -0.39 is 0 Å². The molecule has 0 aliphatic heterocycles. The average Bonchev–Trinajstić information content (AvgIpc) is 2.74. The maximum Gasteiger partial charge on any atom is 0.260 e. The minimum Gasteiger partial charge on any atom is -0.496 e. The highest BCUT2D eigenvalue weighted by Gasteiger charge is 2.13. The number of aryl methyl sites for hydroxylation is 1. The Morgan fingerprint density at radius 1 is 1.44 bits per heavy atom. The molecule has 1 amide bonds. The summed E-state index contributed by atoms with van der Waals surface area (Å²) in [6.07, 6.45) is 1.74. The summed E-state index contributed by atoms with van der Waals surface area (Å²) >= 11 is 5.87. The molecule has 1 heterocycles. The van der Waals surface area contributed by atoms with Crippen molar-refractivity contribution in [2.45, 2.75) is 0 Å². The number of anilines is 1. The lowest BCUT2D eigenvalue weighted by Gasteiger charge is -2.08. The van der Waals surface area contributed by atoms with E-state index in [1.165, 1.54) is 7.11 Å². The molecule has 0 bridgehead atoms. The fraction of sp³-hybridized carbons (Fsp3) is 0.167. The maximum absolute atomic E-state index is 12.1. The first-order valence-electron chi connectivity index (χ1n) is 5.24. The van der Waals surface area contributed by atoms with Crippen molar-refractivity contribution in [3.05, 3.63) is 41.0 Å². The van der Waals surface area contributed by atoms with Gasteiger partial charge in [-0.05, 0) is 18.2 Å². The van der Waals surface area contributed by atoms with Crippen LogP contribution in [0, 0.1) is 0 Å². The Hall–Kier alpha value is -2.01. The highest BCUT2D eigenvalue weighted by Crippen LogP contribution is 2.23. The Kier molecular flexibility index (Phi) is 3.53. The Morgan fingerprint density at radius 2 is 2.22 bits per heavy atom. The quantitative estimate of drug-likeness (QED) is 0.927. The molecule has 0 atom stereocenters. The van der Waals surface area contributed by atoms with Gasteiger partial charge in [0.1, 0.15) is 5.75 Å². The van der Waals surface area contributed by atoms with Crippen molar-refractivity contribution in [2.75, 3.05) is 12.4 Å². The van der Waals surface area contributed by atoms with Crippen molar-refractivity contribution >= 4 is 23.3 Å². The van der Waals surface area contributed by atoms with Gasteiger partial charge < -0.3 is 10.1 Å². The summed E-state index contributed by atoms with van der Waals surface area (Å²) < 4.78 is 6.72. The molecule has 2 aromatic rings. The van der Waals surface area contributed by atoms with E-state index in [-0.39, 0.29) is 5.91 Å². The van der Waals surface area contributed by atoms with Gasteiger partial charge in [-0.3, -0.25) is 9.48 Å². The van der Waals surface area contributed by atoms with Crippen molar-refractivity contribution in [1.82, 2.24) is 9.78 Å². The maximum atomic E-state index is 12.1. The van der Waals surface area contributed by atoms with Crippen LogP contribution in [-0.2, 0) is 7.05 Å². The normalized spacial score (nSPS) is 10.2. The number of hydrogen-bond donors (Lipinski definition) is 1. The van der Waals surface area contributed by atoms with Crippen LogP contribution in [-0.4, -0.2) is 22.8 Å². The van der Waals surface area contributed by atoms with Gasteiger partial charge in [-0.1, -0.05) is 11.6 Å². The summed E-state index contributed by atoms with van der Waals surface area (Å²) in [5.74, 6) is 0.630. The fourth-order valence-electron chi connectivity index (χ4n) is 1.52. The second kappa shape index (κ2) is 5.10. The first-order valence-corrected chi connectivity index (χ1v) is 5.62. The molecular formula is C12H12ClN3O2. The van der Waals surface area contributed by atoms with Gasteiger partial charge in [0.15, 0.2) is 5.82 Å². The van der Waals surface area contributed by atoms with Gasteiger partial charge in [0.2, 0.25) is 0 Å². The summed E-state index contributed by atoms with van der Waals surface area (Å²) in [5.41, 5.74) is 0.371. The Bertz CT molecular complexity index is 580. The van der Waals surface area contributed by atoms with Gasteiger partial charge in [0.05, 0.1) is 12.7 Å². The van der Waals surface area contributed by atoms with Crippen LogP contribution >= 0.6 is 11.6 Å². The number of carbonyl (C=O) groups is 1. The van der Waals surface area contributed by atoms with Gasteiger partial charge >= 0.3 is 0 Å². The van der Waals surface area contributed by atoms with Gasteiger partial charge in [-0.2, -0.15) is 5.10 Å². The van der Waals surface area contributed by atoms with Crippen LogP contribution in [0.25, 0.3) is 0 Å². The predicted molar refractivity (Wildman–Crippen MR) is 69.2 cm³/mol. The number of halogens is 1. The molecule has 6 heteroatoms. The highest BCUT2D eigenvalue weighted by molar-refractivity contribution is 6.31. The molecular weight excluding hydrogens is 254 g/mol. The van der Waals surface area contributed by atoms with Crippen LogP contribution in [0.1, 0.15) is 10.4 Å². The Morgan fingerprint density at radius 3 is 2.83 bits per heavy atom. The van der Waals surface area contributed by atoms with Crippen LogP contribution in [0.2, 0.25) is 5.02 Å². The second-order valence-corrected chi connectivity index (χ2v) is 4.11. The molecule has 0 fully saturated rings. The molecule has 1 N–H and O–H groups in total. The largest absolute Gasteiger partial charge is 0.496 e. The van der Waals surface area contributed by atoms with Crippen LogP contribution in [0.15, 0.2) is 30.5 Å². The lowest BCUT2D eigenvalue weighted by Crippen LogP contribution is -2.13. The van der Waals surface area contributed by atoms with Crippen molar-refractivity contribution in [1.29, 1.82) is 0 Å². The van der Waals surface area contributed by atoms with Gasteiger partial charge in [-0.15, -0.1) is 0 Å². The van der Waals surface area contributed by atoms with E-state index in [0.29, 0.717) is 22.2 Å². The highest BCUT2D eigenvalue weighted by atomic mass is 35.5. The van der Waals surface area contributed by atoms with Gasteiger partial charge in [-0.25, -0.2) is 0 Å². The molecule has 2 rings (SSSR count). The number of ether oxygens (including phenoxy) is 1. The van der Waals surface area contributed by atoms with Crippen LogP contribution in [0.5, 0.6) is 5.75 Å². The molecule has 0 spiro atoms. The number of aromatic nitrogens is 2. The van der Waals surface area contributed by atoms with E-state index in [1.54, 1.807) is 42.2 Å². The van der Waals surface area contributed by atoms with Crippen LogP contribution < -0.4 is 10.1 Å². The fourth-order valence-corrected chi connectivity index (χ4v) is 1.70. The second-order valence-electron chi connectivity index (χ2n) is 3.67. The van der Waals surface area contributed by atoms with E-state index in [1.807, 2.05) is 0 Å². The number of benzene rings is 1. The average molecular weight is 266 g/mol. The van der Waals surface area contributed by atoms with E-state index in [4.69, 9.17) is 16.3 Å². The van der Waals surface area contributed by atoms with E-state index in [9.17, 15) is 4.79 Å². The first-order chi connectivity index (χ1) is 8.60. The Balaban J connectivity index is 2.25. The van der Waals surface area contributed by atoms with Crippen molar-refractivity contribution in [3.63, 3.8) is 0 Å². The molecule has 0 radical (unpaired) electrons. The monoisotopic (exact) mass is 265 g/mol. The van der Waals surface area contributed by atoms with Crippen LogP contribution in [0.3, 0.4) is 0 Å². The molecule has 18 heavy (non-hydrogen) atoms. The topological polar surface area (TPSA) is 56.1 Å². The number of rotatable bonds is 3. The smallest absolute Gasteiger partial charge is 0.260 e. The number of carbonyl (C=O) groups excluding carboxylic acids is 1. The summed E-state index contributed by atoms with van der Waals surface area (Å²) in [4.78, 5) is 12.1. The molecule has 1 aromatic carbocycles. The summed E-state index contributed by atoms with van der Waals surface area (Å²) in [6, 6.07) is 6.57. The number of amides is 1. The summed E-state index contributed by atoms with van der Waals surface area (Å²) in [7, 11) is 3.27. The van der Waals surface area contributed by atoms with Gasteiger partial charge in [0, 0.05) is 24.3 Å². The third-order valence-electron chi connectivity index (χ3n) is 2.36.